The maximum Gasteiger partial charge on any atom is 0.270 e. The molecule has 0 spiro atoms. The van der Waals surface area contributed by atoms with Crippen LogP contribution in [0.1, 0.15) is 11.1 Å². The Labute approximate surface area is 131 Å². The van der Waals surface area contributed by atoms with Gasteiger partial charge in [-0.25, -0.2) is 0 Å². The minimum absolute atomic E-state index is 0.0501. The molecule has 0 saturated heterocycles. The van der Waals surface area contributed by atoms with Crippen molar-refractivity contribution >= 4 is 21.6 Å². The van der Waals surface area contributed by atoms with Crippen molar-refractivity contribution in [1.29, 1.82) is 0 Å². The number of nitro benzene ring substituents is 1. The molecule has 0 radical (unpaired) electrons. The van der Waals surface area contributed by atoms with Gasteiger partial charge in [-0.2, -0.15) is 0 Å². The molecule has 6 heteroatoms. The van der Waals surface area contributed by atoms with Crippen molar-refractivity contribution in [1.82, 2.24) is 0 Å². The minimum Gasteiger partial charge on any atom is -0.489 e. The zero-order chi connectivity index (χ0) is 15.2. The molecule has 0 unspecified atom stereocenters. The fourth-order valence-corrected chi connectivity index (χ4v) is 2.41. The molecule has 0 saturated carbocycles. The molecule has 2 aromatic rings. The monoisotopic (exact) mass is 350 g/mol. The number of para-hydroxylation sites is 1. The predicted molar refractivity (Wildman–Crippen MR) is 84.3 cm³/mol. The molecular formula is C15H15BrN2O3. The molecule has 110 valence electrons. The summed E-state index contributed by atoms with van der Waals surface area (Å²) in [5.41, 5.74) is 7.53. The number of nitro groups is 1. The van der Waals surface area contributed by atoms with Crippen LogP contribution in [0.2, 0.25) is 0 Å². The van der Waals surface area contributed by atoms with Crippen LogP contribution in [0, 0.1) is 10.1 Å². The molecule has 0 atom stereocenters. The van der Waals surface area contributed by atoms with E-state index in [0.717, 1.165) is 23.3 Å². The topological polar surface area (TPSA) is 78.4 Å². The largest absolute Gasteiger partial charge is 0.489 e. The fourth-order valence-electron chi connectivity index (χ4n) is 1.93. The average molecular weight is 351 g/mol. The van der Waals surface area contributed by atoms with E-state index < -0.39 is 4.92 Å². The van der Waals surface area contributed by atoms with Crippen molar-refractivity contribution in [2.45, 2.75) is 13.0 Å². The Bertz CT molecular complexity index is 647. The SMILES string of the molecule is NCCc1ccccc1OCc1ccc([N+](=O)[O-])cc1Br. The van der Waals surface area contributed by atoms with Gasteiger partial charge in [-0.3, -0.25) is 10.1 Å². The molecule has 0 bridgehead atoms. The standard InChI is InChI=1S/C15H15BrN2O3/c16-14-9-13(18(19)20)6-5-12(14)10-21-15-4-2-1-3-11(15)7-8-17/h1-6,9H,7-8,10,17H2. The first-order chi connectivity index (χ1) is 10.1. The number of rotatable bonds is 6. The number of hydrogen-bond acceptors (Lipinski definition) is 4. The predicted octanol–water partition coefficient (Wildman–Crippen LogP) is 3.44. The lowest BCUT2D eigenvalue weighted by molar-refractivity contribution is -0.384. The van der Waals surface area contributed by atoms with Crippen LogP contribution in [-0.4, -0.2) is 11.5 Å². The van der Waals surface area contributed by atoms with Gasteiger partial charge in [-0.1, -0.05) is 34.1 Å². The van der Waals surface area contributed by atoms with Gasteiger partial charge < -0.3 is 10.5 Å². The number of halogens is 1. The first kappa shape index (κ1) is 15.5. The molecule has 21 heavy (non-hydrogen) atoms. The molecule has 0 aliphatic carbocycles. The quantitative estimate of drug-likeness (QED) is 0.639. The summed E-state index contributed by atoms with van der Waals surface area (Å²) in [4.78, 5) is 10.3. The molecule has 5 nitrogen and oxygen atoms in total. The van der Waals surface area contributed by atoms with E-state index in [1.54, 1.807) is 6.07 Å². The second kappa shape index (κ2) is 7.19. The van der Waals surface area contributed by atoms with Crippen molar-refractivity contribution < 1.29 is 9.66 Å². The van der Waals surface area contributed by atoms with Crippen LogP contribution < -0.4 is 10.5 Å². The lowest BCUT2D eigenvalue weighted by Crippen LogP contribution is -2.05. The number of ether oxygens (including phenoxy) is 1. The van der Waals surface area contributed by atoms with Gasteiger partial charge in [0.2, 0.25) is 0 Å². The number of nitrogens with two attached hydrogens (primary N) is 1. The number of non-ortho nitro benzene ring substituents is 1. The highest BCUT2D eigenvalue weighted by atomic mass is 79.9. The average Bonchev–Trinajstić information content (AvgIpc) is 2.47. The lowest BCUT2D eigenvalue weighted by atomic mass is 10.1. The summed E-state index contributed by atoms with van der Waals surface area (Å²) >= 11 is 3.33. The van der Waals surface area contributed by atoms with Gasteiger partial charge in [-0.05, 0) is 30.7 Å². The second-order valence-electron chi connectivity index (χ2n) is 4.47. The molecule has 0 aliphatic rings. The van der Waals surface area contributed by atoms with E-state index in [1.807, 2.05) is 24.3 Å². The van der Waals surface area contributed by atoms with Crippen LogP contribution >= 0.6 is 15.9 Å². The Balaban J connectivity index is 2.11. The van der Waals surface area contributed by atoms with Gasteiger partial charge in [0.25, 0.3) is 5.69 Å². The van der Waals surface area contributed by atoms with Crippen LogP contribution in [-0.2, 0) is 13.0 Å². The highest BCUT2D eigenvalue weighted by Gasteiger charge is 2.10. The van der Waals surface area contributed by atoms with Crippen LogP contribution in [0.4, 0.5) is 5.69 Å². The summed E-state index contributed by atoms with van der Waals surface area (Å²) in [5.74, 6) is 0.785. The Morgan fingerprint density at radius 2 is 1.95 bits per heavy atom. The number of benzene rings is 2. The van der Waals surface area contributed by atoms with E-state index in [2.05, 4.69) is 15.9 Å². The van der Waals surface area contributed by atoms with Gasteiger partial charge in [-0.15, -0.1) is 0 Å². The fraction of sp³-hybridized carbons (Fsp3) is 0.200. The van der Waals surface area contributed by atoms with Crippen LogP contribution in [0.15, 0.2) is 46.9 Å². The van der Waals surface area contributed by atoms with Crippen molar-refractivity contribution in [2.24, 2.45) is 5.73 Å². The van der Waals surface area contributed by atoms with Gasteiger partial charge in [0.15, 0.2) is 0 Å². The zero-order valence-corrected chi connectivity index (χ0v) is 12.9. The molecule has 0 amide bonds. The molecule has 0 aromatic heterocycles. The second-order valence-corrected chi connectivity index (χ2v) is 5.32. The van der Waals surface area contributed by atoms with E-state index >= 15 is 0 Å². The molecular weight excluding hydrogens is 336 g/mol. The highest BCUT2D eigenvalue weighted by Crippen LogP contribution is 2.25. The van der Waals surface area contributed by atoms with Gasteiger partial charge >= 0.3 is 0 Å². The first-order valence-corrected chi connectivity index (χ1v) is 7.24. The first-order valence-electron chi connectivity index (χ1n) is 6.45. The summed E-state index contributed by atoms with van der Waals surface area (Å²) in [6, 6.07) is 12.4. The Morgan fingerprint density at radius 3 is 2.62 bits per heavy atom. The van der Waals surface area contributed by atoms with E-state index in [-0.39, 0.29) is 5.69 Å². The van der Waals surface area contributed by atoms with Crippen LogP contribution in [0.25, 0.3) is 0 Å². The molecule has 2 N–H and O–H groups in total. The van der Waals surface area contributed by atoms with Crippen molar-refractivity contribution in [3.63, 3.8) is 0 Å². The van der Waals surface area contributed by atoms with Crippen LogP contribution in [0.5, 0.6) is 5.75 Å². The van der Waals surface area contributed by atoms with Crippen molar-refractivity contribution in [2.75, 3.05) is 6.54 Å². The van der Waals surface area contributed by atoms with Crippen LogP contribution in [0.3, 0.4) is 0 Å². The molecule has 0 heterocycles. The van der Waals surface area contributed by atoms with E-state index in [0.29, 0.717) is 17.6 Å². The summed E-state index contributed by atoms with van der Waals surface area (Å²) < 4.78 is 6.46. The molecule has 0 fully saturated rings. The van der Waals surface area contributed by atoms with Gasteiger partial charge in [0, 0.05) is 22.2 Å². The summed E-state index contributed by atoms with van der Waals surface area (Å²) in [6.07, 6.45) is 0.748. The Kier molecular flexibility index (Phi) is 5.30. The van der Waals surface area contributed by atoms with Gasteiger partial charge in [0.1, 0.15) is 12.4 Å². The van der Waals surface area contributed by atoms with Crippen molar-refractivity contribution in [3.8, 4) is 5.75 Å². The smallest absolute Gasteiger partial charge is 0.270 e. The number of hydrogen-bond donors (Lipinski definition) is 1. The minimum atomic E-state index is -0.425. The molecule has 0 aliphatic heterocycles. The molecule has 2 aromatic carbocycles. The molecule has 2 rings (SSSR count). The third-order valence-electron chi connectivity index (χ3n) is 3.02. The van der Waals surface area contributed by atoms with Crippen molar-refractivity contribution in [3.05, 3.63) is 68.2 Å². The Morgan fingerprint density at radius 1 is 1.19 bits per heavy atom. The van der Waals surface area contributed by atoms with Gasteiger partial charge in [0.05, 0.1) is 4.92 Å². The highest BCUT2D eigenvalue weighted by molar-refractivity contribution is 9.10. The van der Waals surface area contributed by atoms with E-state index in [9.17, 15) is 10.1 Å². The lowest BCUT2D eigenvalue weighted by Gasteiger charge is -2.11. The third-order valence-corrected chi connectivity index (χ3v) is 3.76. The third kappa shape index (κ3) is 4.03. The summed E-state index contributed by atoms with van der Waals surface area (Å²) in [6.45, 7) is 0.891. The Hall–Kier alpha value is -1.92. The number of nitrogens with zero attached hydrogens (tertiary/aromatic N) is 1. The summed E-state index contributed by atoms with van der Waals surface area (Å²) in [7, 11) is 0. The van der Waals surface area contributed by atoms with E-state index in [4.69, 9.17) is 10.5 Å². The maximum atomic E-state index is 10.7. The zero-order valence-electron chi connectivity index (χ0n) is 11.3. The maximum absolute atomic E-state index is 10.7. The normalized spacial score (nSPS) is 10.4. The van der Waals surface area contributed by atoms with E-state index in [1.165, 1.54) is 12.1 Å². The summed E-state index contributed by atoms with van der Waals surface area (Å²) in [5, 5.41) is 10.7.